The fourth-order valence-electron chi connectivity index (χ4n) is 1.81. The summed E-state index contributed by atoms with van der Waals surface area (Å²) >= 11 is 3.45. The maximum absolute atomic E-state index is 6.01. The smallest absolute Gasteiger partial charge is 0.224 e. The number of nitrogens with two attached hydrogens (primary N) is 1. The molecule has 1 aromatic heterocycles. The van der Waals surface area contributed by atoms with Crippen LogP contribution in [-0.2, 0) is 6.54 Å². The number of nitrogen functional groups attached to an aromatic ring is 1. The van der Waals surface area contributed by atoms with Crippen molar-refractivity contribution in [3.05, 3.63) is 22.7 Å². The minimum Gasteiger partial charge on any atom is -0.398 e. The van der Waals surface area contributed by atoms with Crippen molar-refractivity contribution in [2.24, 2.45) is 0 Å². The van der Waals surface area contributed by atoms with Crippen molar-refractivity contribution in [3.63, 3.8) is 0 Å². The maximum Gasteiger partial charge on any atom is 0.224 e. The minimum absolute atomic E-state index is 0.698. The van der Waals surface area contributed by atoms with E-state index in [1.165, 1.54) is 0 Å². The quantitative estimate of drug-likeness (QED) is 0.852. The summed E-state index contributed by atoms with van der Waals surface area (Å²) in [5.41, 5.74) is 7.60. The van der Waals surface area contributed by atoms with E-state index in [0.29, 0.717) is 5.69 Å². The zero-order chi connectivity index (χ0) is 13.1. The Bertz CT molecular complexity index is 549. The molecule has 0 bridgehead atoms. The molecule has 6 heteroatoms. The molecule has 0 fully saturated rings. The molecule has 0 aliphatic heterocycles. The highest BCUT2D eigenvalue weighted by atomic mass is 79.9. The number of rotatable bonds is 4. The number of benzene rings is 1. The highest BCUT2D eigenvalue weighted by Gasteiger charge is 2.14. The molecule has 0 unspecified atom stereocenters. The Hall–Kier alpha value is -1.56. The third kappa shape index (κ3) is 2.33. The number of hydrogen-bond acceptors (Lipinski definition) is 4. The normalized spacial score (nSPS) is 10.6. The van der Waals surface area contributed by atoms with E-state index in [9.17, 15) is 0 Å². The zero-order valence-corrected chi connectivity index (χ0v) is 12.0. The molecule has 0 spiro atoms. The molecule has 1 heterocycles. The van der Waals surface area contributed by atoms with Gasteiger partial charge in [-0.05, 0) is 32.0 Å². The molecular formula is C12H16BrN5. The largest absolute Gasteiger partial charge is 0.398 e. The Morgan fingerprint density at radius 2 is 2.11 bits per heavy atom. The van der Waals surface area contributed by atoms with E-state index in [1.54, 1.807) is 0 Å². The van der Waals surface area contributed by atoms with Crippen molar-refractivity contribution in [2.75, 3.05) is 17.6 Å². The van der Waals surface area contributed by atoms with Gasteiger partial charge in [-0.15, -0.1) is 10.2 Å². The summed E-state index contributed by atoms with van der Waals surface area (Å²) in [5, 5.41) is 11.6. The topological polar surface area (TPSA) is 68.8 Å². The Kier molecular flexibility index (Phi) is 3.86. The molecule has 18 heavy (non-hydrogen) atoms. The predicted octanol–water partition coefficient (Wildman–Crippen LogP) is 2.74. The summed E-state index contributed by atoms with van der Waals surface area (Å²) in [7, 11) is 0. The van der Waals surface area contributed by atoms with Crippen molar-refractivity contribution in [1.82, 2.24) is 14.8 Å². The number of anilines is 2. The lowest BCUT2D eigenvalue weighted by Crippen LogP contribution is -2.07. The van der Waals surface area contributed by atoms with E-state index < -0.39 is 0 Å². The van der Waals surface area contributed by atoms with Gasteiger partial charge in [-0.1, -0.05) is 15.9 Å². The minimum atomic E-state index is 0.698. The molecule has 0 amide bonds. The molecule has 0 saturated heterocycles. The first-order valence-electron chi connectivity index (χ1n) is 5.89. The van der Waals surface area contributed by atoms with Crippen molar-refractivity contribution in [1.29, 1.82) is 0 Å². The van der Waals surface area contributed by atoms with Crippen LogP contribution in [0.4, 0.5) is 11.6 Å². The second kappa shape index (κ2) is 5.39. The summed E-state index contributed by atoms with van der Waals surface area (Å²) in [5.74, 6) is 1.56. The Morgan fingerprint density at radius 1 is 1.33 bits per heavy atom. The van der Waals surface area contributed by atoms with Gasteiger partial charge in [0.15, 0.2) is 5.82 Å². The lowest BCUT2D eigenvalue weighted by molar-refractivity contribution is 0.770. The van der Waals surface area contributed by atoms with Crippen LogP contribution in [0.2, 0.25) is 0 Å². The van der Waals surface area contributed by atoms with Gasteiger partial charge < -0.3 is 11.1 Å². The van der Waals surface area contributed by atoms with Crippen LogP contribution < -0.4 is 11.1 Å². The predicted molar refractivity (Wildman–Crippen MR) is 77.4 cm³/mol. The summed E-state index contributed by atoms with van der Waals surface area (Å²) in [6, 6.07) is 5.74. The van der Waals surface area contributed by atoms with E-state index in [-0.39, 0.29) is 0 Å². The molecule has 0 radical (unpaired) electrons. The molecule has 0 saturated carbocycles. The average Bonchev–Trinajstić information content (AvgIpc) is 2.75. The molecule has 3 N–H and O–H groups in total. The number of halogens is 1. The van der Waals surface area contributed by atoms with Gasteiger partial charge in [-0.2, -0.15) is 0 Å². The van der Waals surface area contributed by atoms with Gasteiger partial charge in [0.05, 0.1) is 0 Å². The van der Waals surface area contributed by atoms with Gasteiger partial charge in [0.1, 0.15) is 0 Å². The highest BCUT2D eigenvalue weighted by molar-refractivity contribution is 9.10. The van der Waals surface area contributed by atoms with Gasteiger partial charge >= 0.3 is 0 Å². The van der Waals surface area contributed by atoms with Crippen LogP contribution in [0.15, 0.2) is 22.7 Å². The van der Waals surface area contributed by atoms with Gasteiger partial charge in [0.25, 0.3) is 0 Å². The third-order valence-corrected chi connectivity index (χ3v) is 3.15. The van der Waals surface area contributed by atoms with Crippen LogP contribution in [0.25, 0.3) is 11.4 Å². The van der Waals surface area contributed by atoms with E-state index in [1.807, 2.05) is 29.7 Å². The molecule has 5 nitrogen and oxygen atoms in total. The van der Waals surface area contributed by atoms with Crippen LogP contribution in [0, 0.1) is 0 Å². The van der Waals surface area contributed by atoms with E-state index in [2.05, 4.69) is 38.4 Å². The lowest BCUT2D eigenvalue weighted by Gasteiger charge is -2.09. The Balaban J connectivity index is 2.53. The molecule has 0 aliphatic rings. The second-order valence-electron chi connectivity index (χ2n) is 3.85. The van der Waals surface area contributed by atoms with Crippen molar-refractivity contribution < 1.29 is 0 Å². The molecule has 0 atom stereocenters. The average molecular weight is 310 g/mol. The molecule has 2 rings (SSSR count). The van der Waals surface area contributed by atoms with Crippen LogP contribution in [0.5, 0.6) is 0 Å². The van der Waals surface area contributed by atoms with Crippen LogP contribution >= 0.6 is 15.9 Å². The fourth-order valence-corrected chi connectivity index (χ4v) is 2.17. The van der Waals surface area contributed by atoms with E-state index in [0.717, 1.165) is 34.9 Å². The second-order valence-corrected chi connectivity index (χ2v) is 4.77. The number of aromatic nitrogens is 3. The van der Waals surface area contributed by atoms with Gasteiger partial charge in [0, 0.05) is 28.8 Å². The maximum atomic E-state index is 6.01. The summed E-state index contributed by atoms with van der Waals surface area (Å²) in [6.07, 6.45) is 0. The summed E-state index contributed by atoms with van der Waals surface area (Å²) in [4.78, 5) is 0. The molecular weight excluding hydrogens is 294 g/mol. The molecule has 2 aromatic rings. The molecule has 0 aliphatic carbocycles. The fraction of sp³-hybridized carbons (Fsp3) is 0.333. The lowest BCUT2D eigenvalue weighted by atomic mass is 10.1. The van der Waals surface area contributed by atoms with Crippen LogP contribution in [0.3, 0.4) is 0 Å². The summed E-state index contributed by atoms with van der Waals surface area (Å²) < 4.78 is 2.99. The molecule has 1 aromatic carbocycles. The zero-order valence-electron chi connectivity index (χ0n) is 10.4. The van der Waals surface area contributed by atoms with Crippen LogP contribution in [0.1, 0.15) is 13.8 Å². The monoisotopic (exact) mass is 309 g/mol. The first kappa shape index (κ1) is 12.9. The number of nitrogens with one attached hydrogen (secondary N) is 1. The first-order chi connectivity index (χ1) is 8.67. The van der Waals surface area contributed by atoms with Crippen molar-refractivity contribution in [2.45, 2.75) is 20.4 Å². The third-order valence-electron chi connectivity index (χ3n) is 2.66. The first-order valence-corrected chi connectivity index (χ1v) is 6.69. The van der Waals surface area contributed by atoms with Crippen molar-refractivity contribution >= 4 is 27.6 Å². The van der Waals surface area contributed by atoms with Gasteiger partial charge in [0.2, 0.25) is 5.95 Å². The van der Waals surface area contributed by atoms with Crippen LogP contribution in [-0.4, -0.2) is 21.3 Å². The van der Waals surface area contributed by atoms with E-state index >= 15 is 0 Å². The van der Waals surface area contributed by atoms with Crippen molar-refractivity contribution in [3.8, 4) is 11.4 Å². The Labute approximate surface area is 115 Å². The SMILES string of the molecule is CCNc1nnc(-c2cc(Br)ccc2N)n1CC. The van der Waals surface area contributed by atoms with Gasteiger partial charge in [-0.25, -0.2) is 0 Å². The number of hydrogen-bond donors (Lipinski definition) is 2. The van der Waals surface area contributed by atoms with E-state index in [4.69, 9.17) is 5.73 Å². The summed E-state index contributed by atoms with van der Waals surface area (Å²) in [6.45, 7) is 5.69. The number of nitrogens with zero attached hydrogens (tertiary/aromatic N) is 3. The standard InChI is InChI=1S/C12H16BrN5/c1-3-15-12-17-16-11(18(12)4-2)9-7-8(13)5-6-10(9)14/h5-7H,3-4,14H2,1-2H3,(H,15,17). The highest BCUT2D eigenvalue weighted by Crippen LogP contribution is 2.29. The Morgan fingerprint density at radius 3 is 2.78 bits per heavy atom. The molecule has 96 valence electrons. The van der Waals surface area contributed by atoms with Gasteiger partial charge in [-0.3, -0.25) is 4.57 Å².